The van der Waals surface area contributed by atoms with Gasteiger partial charge in [0.2, 0.25) is 5.69 Å². The summed E-state index contributed by atoms with van der Waals surface area (Å²) in [7, 11) is 0. The molecule has 2 aliphatic rings. The van der Waals surface area contributed by atoms with Crippen molar-refractivity contribution in [2.24, 2.45) is 11.0 Å². The standard InChI is InChI=1S/C30H31N5O5/c1-3-39-29(37)26-28(30(38)40-4-2)34(33-31-26)19-24(36)35-27(21-14-9-6-10-15-21)23-17-11-16-22(25(23)32-35)18-20-12-7-5-8-13-20/h5-10,12-15,18,23,27H,3-4,11,16-17,19H2,1-2H3/b22-18+/t23-,27+/m1/s1. The van der Waals surface area contributed by atoms with E-state index in [2.05, 4.69) is 16.4 Å². The van der Waals surface area contributed by atoms with E-state index in [4.69, 9.17) is 14.6 Å². The largest absolute Gasteiger partial charge is 0.461 e. The summed E-state index contributed by atoms with van der Waals surface area (Å²) in [6, 6.07) is 19.6. The number of hydrogen-bond acceptors (Lipinski definition) is 8. The van der Waals surface area contributed by atoms with Gasteiger partial charge in [-0.1, -0.05) is 65.9 Å². The number of benzene rings is 2. The number of esters is 2. The van der Waals surface area contributed by atoms with Gasteiger partial charge >= 0.3 is 11.9 Å². The van der Waals surface area contributed by atoms with Crippen LogP contribution in [0.4, 0.5) is 0 Å². The summed E-state index contributed by atoms with van der Waals surface area (Å²) >= 11 is 0. The van der Waals surface area contributed by atoms with Gasteiger partial charge in [-0.15, -0.1) is 5.10 Å². The minimum atomic E-state index is -0.811. The number of carbonyl (C=O) groups is 3. The number of carbonyl (C=O) groups excluding carboxylic acids is 3. The van der Waals surface area contributed by atoms with Crippen LogP contribution >= 0.6 is 0 Å². The molecule has 1 amide bonds. The van der Waals surface area contributed by atoms with E-state index in [9.17, 15) is 14.4 Å². The summed E-state index contributed by atoms with van der Waals surface area (Å²) in [5.74, 6) is -1.99. The summed E-state index contributed by atoms with van der Waals surface area (Å²) in [5.41, 5.74) is 3.54. The lowest BCUT2D eigenvalue weighted by Gasteiger charge is -2.29. The quantitative estimate of drug-likeness (QED) is 0.387. The highest BCUT2D eigenvalue weighted by Crippen LogP contribution is 2.44. The zero-order valence-corrected chi connectivity index (χ0v) is 22.5. The van der Waals surface area contributed by atoms with Gasteiger partial charge in [-0.3, -0.25) is 4.79 Å². The van der Waals surface area contributed by atoms with E-state index in [1.807, 2.05) is 60.7 Å². The van der Waals surface area contributed by atoms with Crippen LogP contribution < -0.4 is 0 Å². The second-order valence-electron chi connectivity index (χ2n) is 9.54. The van der Waals surface area contributed by atoms with Gasteiger partial charge in [-0.05, 0) is 55.9 Å². The summed E-state index contributed by atoms with van der Waals surface area (Å²) in [4.78, 5) is 39.1. The number of rotatable bonds is 8. The Bertz CT molecular complexity index is 1450. The van der Waals surface area contributed by atoms with Crippen molar-refractivity contribution < 1.29 is 23.9 Å². The van der Waals surface area contributed by atoms with Gasteiger partial charge in [0.1, 0.15) is 6.54 Å². The molecular weight excluding hydrogens is 510 g/mol. The Hall–Kier alpha value is -4.60. The van der Waals surface area contributed by atoms with Crippen LogP contribution in [0.5, 0.6) is 0 Å². The molecule has 1 fully saturated rings. The molecule has 0 bridgehead atoms. The highest BCUT2D eigenvalue weighted by atomic mass is 16.5. The molecular formula is C30H31N5O5. The first kappa shape index (κ1) is 27.0. The maximum absolute atomic E-state index is 13.9. The lowest BCUT2D eigenvalue weighted by Crippen LogP contribution is -2.34. The number of hydrogen-bond donors (Lipinski definition) is 0. The summed E-state index contributed by atoms with van der Waals surface area (Å²) < 4.78 is 11.3. The van der Waals surface area contributed by atoms with Crippen LogP contribution in [0.1, 0.15) is 71.3 Å². The van der Waals surface area contributed by atoms with E-state index in [1.165, 1.54) is 5.01 Å². The molecule has 1 aliphatic heterocycles. The van der Waals surface area contributed by atoms with Crippen LogP contribution in [0.15, 0.2) is 71.3 Å². The molecule has 0 radical (unpaired) electrons. The fraction of sp³-hybridized carbons (Fsp3) is 0.333. The molecule has 1 saturated carbocycles. The van der Waals surface area contributed by atoms with E-state index in [0.717, 1.165) is 46.4 Å². The molecule has 10 nitrogen and oxygen atoms in total. The normalized spacial score (nSPS) is 19.2. The number of fused-ring (bicyclic) bond motifs is 1. The summed E-state index contributed by atoms with van der Waals surface area (Å²) in [5, 5.41) is 14.2. The van der Waals surface area contributed by atoms with E-state index in [1.54, 1.807) is 13.8 Å². The Morgan fingerprint density at radius 3 is 2.33 bits per heavy atom. The second kappa shape index (κ2) is 12.1. The van der Waals surface area contributed by atoms with Crippen LogP contribution in [-0.4, -0.2) is 56.8 Å². The number of allylic oxidation sites excluding steroid dienone is 1. The van der Waals surface area contributed by atoms with Crippen LogP contribution in [0, 0.1) is 5.92 Å². The van der Waals surface area contributed by atoms with Crippen molar-refractivity contribution in [1.29, 1.82) is 0 Å². The Morgan fingerprint density at radius 1 is 0.950 bits per heavy atom. The molecule has 2 atom stereocenters. The highest BCUT2D eigenvalue weighted by molar-refractivity contribution is 6.08. The van der Waals surface area contributed by atoms with Crippen LogP contribution in [0.25, 0.3) is 6.08 Å². The van der Waals surface area contributed by atoms with E-state index in [-0.39, 0.29) is 49.0 Å². The van der Waals surface area contributed by atoms with Gasteiger partial charge in [-0.2, -0.15) is 5.10 Å². The topological polar surface area (TPSA) is 116 Å². The number of aromatic nitrogens is 3. The SMILES string of the molecule is CCOC(=O)c1nnn(CC(=O)N2N=C3/C(=C/c4ccccc4)CCC[C@H]3[C@@H]2c2ccccc2)c1C(=O)OCC. The fourth-order valence-corrected chi connectivity index (χ4v) is 5.30. The lowest BCUT2D eigenvalue weighted by atomic mass is 9.77. The summed E-state index contributed by atoms with van der Waals surface area (Å²) in [6.07, 6.45) is 4.88. The van der Waals surface area contributed by atoms with Crippen molar-refractivity contribution in [2.75, 3.05) is 13.2 Å². The van der Waals surface area contributed by atoms with Crippen molar-refractivity contribution in [2.45, 2.75) is 45.7 Å². The third-order valence-corrected chi connectivity index (χ3v) is 7.00. The molecule has 206 valence electrons. The molecule has 0 spiro atoms. The molecule has 1 aromatic heterocycles. The van der Waals surface area contributed by atoms with E-state index >= 15 is 0 Å². The Labute approximate surface area is 232 Å². The third kappa shape index (κ3) is 5.42. The van der Waals surface area contributed by atoms with Gasteiger partial charge in [0.25, 0.3) is 5.91 Å². The highest BCUT2D eigenvalue weighted by Gasteiger charge is 2.44. The van der Waals surface area contributed by atoms with Crippen molar-refractivity contribution >= 4 is 29.6 Å². The first-order valence-corrected chi connectivity index (χ1v) is 13.5. The monoisotopic (exact) mass is 541 g/mol. The van der Waals surface area contributed by atoms with Gasteiger partial charge in [0.15, 0.2) is 5.69 Å². The van der Waals surface area contributed by atoms with Crippen molar-refractivity contribution in [1.82, 2.24) is 20.0 Å². The van der Waals surface area contributed by atoms with E-state index < -0.39 is 11.9 Å². The summed E-state index contributed by atoms with van der Waals surface area (Å²) in [6.45, 7) is 3.11. The molecule has 5 rings (SSSR count). The minimum absolute atomic E-state index is 0.0189. The molecule has 3 aromatic rings. The van der Waals surface area contributed by atoms with Crippen LogP contribution in [0.2, 0.25) is 0 Å². The van der Waals surface area contributed by atoms with Gasteiger partial charge in [0, 0.05) is 5.92 Å². The number of hydrazone groups is 1. The predicted octanol–water partition coefficient (Wildman–Crippen LogP) is 4.45. The number of ether oxygens (including phenoxy) is 2. The lowest BCUT2D eigenvalue weighted by molar-refractivity contribution is -0.134. The average Bonchev–Trinajstić information content (AvgIpc) is 3.57. The molecule has 0 unspecified atom stereocenters. The second-order valence-corrected chi connectivity index (χ2v) is 9.54. The molecule has 0 saturated heterocycles. The van der Waals surface area contributed by atoms with Crippen molar-refractivity contribution in [3.63, 3.8) is 0 Å². The van der Waals surface area contributed by atoms with Gasteiger partial charge in [-0.25, -0.2) is 19.3 Å². The number of nitrogens with zero attached hydrogens (tertiary/aromatic N) is 5. The first-order chi connectivity index (χ1) is 19.5. The molecule has 40 heavy (non-hydrogen) atoms. The zero-order valence-electron chi connectivity index (χ0n) is 22.5. The fourth-order valence-electron chi connectivity index (χ4n) is 5.30. The van der Waals surface area contributed by atoms with Gasteiger partial charge in [0.05, 0.1) is 25.0 Å². The zero-order chi connectivity index (χ0) is 28.1. The molecule has 10 heteroatoms. The van der Waals surface area contributed by atoms with Crippen molar-refractivity contribution in [3.05, 3.63) is 88.8 Å². The molecule has 2 aromatic carbocycles. The maximum Gasteiger partial charge on any atom is 0.361 e. The van der Waals surface area contributed by atoms with Crippen molar-refractivity contribution in [3.8, 4) is 0 Å². The average molecular weight is 542 g/mol. The Morgan fingerprint density at radius 2 is 1.62 bits per heavy atom. The minimum Gasteiger partial charge on any atom is -0.461 e. The Balaban J connectivity index is 1.51. The van der Waals surface area contributed by atoms with Crippen LogP contribution in [-0.2, 0) is 20.8 Å². The predicted molar refractivity (Wildman–Crippen MR) is 147 cm³/mol. The van der Waals surface area contributed by atoms with Crippen LogP contribution in [0.3, 0.4) is 0 Å². The number of amides is 1. The van der Waals surface area contributed by atoms with Gasteiger partial charge < -0.3 is 9.47 Å². The molecule has 1 aliphatic carbocycles. The molecule has 2 heterocycles. The smallest absolute Gasteiger partial charge is 0.361 e. The Kier molecular flexibility index (Phi) is 8.14. The molecule has 0 N–H and O–H groups in total. The van der Waals surface area contributed by atoms with E-state index in [0.29, 0.717) is 0 Å². The first-order valence-electron chi connectivity index (χ1n) is 13.5. The third-order valence-electron chi connectivity index (χ3n) is 7.00. The maximum atomic E-state index is 13.9.